The number of nitrogens with zero attached hydrogens (tertiary/aromatic N) is 2. The van der Waals surface area contributed by atoms with Crippen LogP contribution in [0, 0.1) is 0 Å². The molecule has 0 saturated carbocycles. The quantitative estimate of drug-likeness (QED) is 0.588. The molecule has 2 heterocycles. The molecule has 0 spiro atoms. The van der Waals surface area contributed by atoms with E-state index in [1.54, 1.807) is 12.1 Å². The standard InChI is InChI=1S/C11H11ClN2O3/c1-17-11(16)7-2-3-9(13-5-7)14-6-8(12)4-10(14)15/h2-3,5,8H,4,6H2,1H3. The van der Waals surface area contributed by atoms with Gasteiger partial charge in [-0.25, -0.2) is 9.78 Å². The second-order valence-corrected chi connectivity index (χ2v) is 4.32. The summed E-state index contributed by atoms with van der Waals surface area (Å²) in [7, 11) is 1.30. The number of esters is 1. The van der Waals surface area contributed by atoms with Gasteiger partial charge in [-0.15, -0.1) is 11.6 Å². The van der Waals surface area contributed by atoms with Crippen molar-refractivity contribution in [2.24, 2.45) is 0 Å². The molecule has 5 nitrogen and oxygen atoms in total. The van der Waals surface area contributed by atoms with Crippen LogP contribution in [0.25, 0.3) is 0 Å². The summed E-state index contributed by atoms with van der Waals surface area (Å²) in [4.78, 5) is 28.3. The van der Waals surface area contributed by atoms with Crippen molar-refractivity contribution < 1.29 is 14.3 Å². The van der Waals surface area contributed by atoms with E-state index in [0.717, 1.165) is 0 Å². The maximum atomic E-state index is 11.6. The number of pyridine rings is 1. The van der Waals surface area contributed by atoms with Crippen LogP contribution in [0.2, 0.25) is 0 Å². The van der Waals surface area contributed by atoms with E-state index in [9.17, 15) is 9.59 Å². The van der Waals surface area contributed by atoms with Crippen molar-refractivity contribution in [1.29, 1.82) is 0 Å². The van der Waals surface area contributed by atoms with E-state index in [1.165, 1.54) is 18.2 Å². The van der Waals surface area contributed by atoms with E-state index in [0.29, 0.717) is 24.3 Å². The Balaban J connectivity index is 2.18. The molecule has 90 valence electrons. The largest absolute Gasteiger partial charge is 0.465 e. The molecule has 1 aromatic heterocycles. The summed E-state index contributed by atoms with van der Waals surface area (Å²) in [6.07, 6.45) is 1.71. The molecule has 1 aromatic rings. The Morgan fingerprint density at radius 1 is 1.59 bits per heavy atom. The summed E-state index contributed by atoms with van der Waals surface area (Å²) in [5, 5.41) is -0.176. The first-order chi connectivity index (χ1) is 8.11. The molecule has 0 bridgehead atoms. The molecule has 1 amide bonds. The lowest BCUT2D eigenvalue weighted by Crippen LogP contribution is -2.25. The van der Waals surface area contributed by atoms with Crippen molar-refractivity contribution in [3.8, 4) is 0 Å². The Kier molecular flexibility index (Phi) is 3.28. The highest BCUT2D eigenvalue weighted by atomic mass is 35.5. The molecule has 1 aliphatic heterocycles. The number of carbonyl (C=O) groups excluding carboxylic acids is 2. The fraction of sp³-hybridized carbons (Fsp3) is 0.364. The first-order valence-corrected chi connectivity index (χ1v) is 5.54. The van der Waals surface area contributed by atoms with E-state index in [2.05, 4.69) is 9.72 Å². The first kappa shape index (κ1) is 11.9. The van der Waals surface area contributed by atoms with Gasteiger partial charge in [-0.3, -0.25) is 9.69 Å². The summed E-state index contributed by atoms with van der Waals surface area (Å²) in [6.45, 7) is 0.449. The van der Waals surface area contributed by atoms with Crippen LogP contribution in [0.5, 0.6) is 0 Å². The number of hydrogen-bond acceptors (Lipinski definition) is 4. The molecule has 0 aromatic carbocycles. The molecule has 1 atom stereocenters. The lowest BCUT2D eigenvalue weighted by Gasteiger charge is -2.14. The number of aromatic nitrogens is 1. The van der Waals surface area contributed by atoms with Crippen LogP contribution in [-0.2, 0) is 9.53 Å². The topological polar surface area (TPSA) is 59.5 Å². The predicted octanol–water partition coefficient (Wildman–Crippen LogP) is 1.21. The fourth-order valence-corrected chi connectivity index (χ4v) is 1.94. The number of rotatable bonds is 2. The smallest absolute Gasteiger partial charge is 0.339 e. The highest BCUT2D eigenvalue weighted by Crippen LogP contribution is 2.22. The summed E-state index contributed by atoms with van der Waals surface area (Å²) in [6, 6.07) is 3.18. The number of hydrogen-bond donors (Lipinski definition) is 0. The highest BCUT2D eigenvalue weighted by molar-refractivity contribution is 6.24. The number of methoxy groups -OCH3 is 1. The predicted molar refractivity (Wildman–Crippen MR) is 62.2 cm³/mol. The Labute approximate surface area is 103 Å². The van der Waals surface area contributed by atoms with Gasteiger partial charge in [-0.1, -0.05) is 0 Å². The third-order valence-electron chi connectivity index (χ3n) is 2.52. The average Bonchev–Trinajstić information content (AvgIpc) is 2.68. The number of alkyl halides is 1. The van der Waals surface area contributed by atoms with E-state index in [-0.39, 0.29) is 11.3 Å². The molecular formula is C11H11ClN2O3. The van der Waals surface area contributed by atoms with Crippen LogP contribution >= 0.6 is 11.6 Å². The van der Waals surface area contributed by atoms with Gasteiger partial charge < -0.3 is 4.74 Å². The lowest BCUT2D eigenvalue weighted by molar-refractivity contribution is -0.117. The van der Waals surface area contributed by atoms with Crippen LogP contribution < -0.4 is 4.90 Å². The molecule has 1 fully saturated rings. The number of anilines is 1. The molecule has 0 N–H and O–H groups in total. The third-order valence-corrected chi connectivity index (χ3v) is 2.82. The second kappa shape index (κ2) is 4.71. The molecule has 1 aliphatic rings. The minimum Gasteiger partial charge on any atom is -0.465 e. The lowest BCUT2D eigenvalue weighted by atomic mass is 10.3. The average molecular weight is 255 g/mol. The molecular weight excluding hydrogens is 244 g/mol. The number of carbonyl (C=O) groups is 2. The normalized spacial score (nSPS) is 19.5. The molecule has 1 saturated heterocycles. The van der Waals surface area contributed by atoms with Crippen LogP contribution in [0.15, 0.2) is 18.3 Å². The molecule has 17 heavy (non-hydrogen) atoms. The van der Waals surface area contributed by atoms with Crippen molar-refractivity contribution in [1.82, 2.24) is 4.98 Å². The number of ether oxygens (including phenoxy) is 1. The highest BCUT2D eigenvalue weighted by Gasteiger charge is 2.29. The van der Waals surface area contributed by atoms with Gasteiger partial charge in [-0.05, 0) is 12.1 Å². The Morgan fingerprint density at radius 2 is 2.35 bits per heavy atom. The van der Waals surface area contributed by atoms with E-state index in [4.69, 9.17) is 11.6 Å². The minimum absolute atomic E-state index is 0.0525. The van der Waals surface area contributed by atoms with Crippen molar-refractivity contribution in [2.75, 3.05) is 18.6 Å². The number of halogens is 1. The van der Waals surface area contributed by atoms with Crippen molar-refractivity contribution in [2.45, 2.75) is 11.8 Å². The van der Waals surface area contributed by atoms with Gasteiger partial charge in [0, 0.05) is 19.2 Å². The van der Waals surface area contributed by atoms with E-state index >= 15 is 0 Å². The van der Waals surface area contributed by atoms with Crippen LogP contribution in [-0.4, -0.2) is 35.9 Å². The van der Waals surface area contributed by atoms with Crippen molar-refractivity contribution >= 4 is 29.3 Å². The van der Waals surface area contributed by atoms with Crippen LogP contribution in [0.4, 0.5) is 5.82 Å². The zero-order valence-corrected chi connectivity index (χ0v) is 9.98. The fourth-order valence-electron chi connectivity index (χ4n) is 1.67. The van der Waals surface area contributed by atoms with Gasteiger partial charge in [0.25, 0.3) is 0 Å². The van der Waals surface area contributed by atoms with Gasteiger partial charge in [0.15, 0.2) is 0 Å². The van der Waals surface area contributed by atoms with Crippen molar-refractivity contribution in [3.63, 3.8) is 0 Å². The molecule has 1 unspecified atom stereocenters. The molecule has 2 rings (SSSR count). The van der Waals surface area contributed by atoms with Crippen molar-refractivity contribution in [3.05, 3.63) is 23.9 Å². The van der Waals surface area contributed by atoms with Crippen LogP contribution in [0.3, 0.4) is 0 Å². The van der Waals surface area contributed by atoms with Gasteiger partial charge in [-0.2, -0.15) is 0 Å². The third kappa shape index (κ3) is 2.39. The van der Waals surface area contributed by atoms with Crippen LogP contribution in [0.1, 0.15) is 16.8 Å². The molecule has 0 aliphatic carbocycles. The van der Waals surface area contributed by atoms with Gasteiger partial charge in [0.05, 0.1) is 18.1 Å². The summed E-state index contributed by atoms with van der Waals surface area (Å²) >= 11 is 5.89. The second-order valence-electron chi connectivity index (χ2n) is 3.70. The maximum absolute atomic E-state index is 11.6. The summed E-state index contributed by atoms with van der Waals surface area (Å²) in [5.74, 6) is 0.00106. The zero-order valence-electron chi connectivity index (χ0n) is 9.22. The van der Waals surface area contributed by atoms with Gasteiger partial charge in [0.1, 0.15) is 5.82 Å². The first-order valence-electron chi connectivity index (χ1n) is 5.10. The maximum Gasteiger partial charge on any atom is 0.339 e. The van der Waals surface area contributed by atoms with E-state index < -0.39 is 5.97 Å². The van der Waals surface area contributed by atoms with E-state index in [1.807, 2.05) is 0 Å². The molecule has 0 radical (unpaired) electrons. The monoisotopic (exact) mass is 254 g/mol. The summed E-state index contributed by atoms with van der Waals surface area (Å²) < 4.78 is 4.56. The summed E-state index contributed by atoms with van der Waals surface area (Å²) in [5.41, 5.74) is 0.352. The minimum atomic E-state index is -0.452. The number of amides is 1. The van der Waals surface area contributed by atoms with Gasteiger partial charge >= 0.3 is 5.97 Å². The van der Waals surface area contributed by atoms with Gasteiger partial charge in [0.2, 0.25) is 5.91 Å². The zero-order chi connectivity index (χ0) is 12.4. The SMILES string of the molecule is COC(=O)c1ccc(N2CC(Cl)CC2=O)nc1. The Hall–Kier alpha value is -1.62. The molecule has 6 heteroatoms. The Morgan fingerprint density at radius 3 is 2.82 bits per heavy atom. The Bertz CT molecular complexity index is 447.